The highest BCUT2D eigenvalue weighted by Gasteiger charge is 2.14. The van der Waals surface area contributed by atoms with Crippen molar-refractivity contribution in [2.75, 3.05) is 11.9 Å². The van der Waals surface area contributed by atoms with Crippen molar-refractivity contribution in [2.24, 2.45) is 5.14 Å². The summed E-state index contributed by atoms with van der Waals surface area (Å²) < 4.78 is 49.2. The van der Waals surface area contributed by atoms with E-state index >= 15 is 0 Å². The lowest BCUT2D eigenvalue weighted by Gasteiger charge is -2.08. The summed E-state index contributed by atoms with van der Waals surface area (Å²) in [6.45, 7) is 0.189. The fourth-order valence-corrected chi connectivity index (χ4v) is 2.72. The van der Waals surface area contributed by atoms with Gasteiger partial charge in [-0.2, -0.15) is 0 Å². The minimum atomic E-state index is -3.77. The van der Waals surface area contributed by atoms with E-state index in [1.165, 1.54) is 12.1 Å². The summed E-state index contributed by atoms with van der Waals surface area (Å²) in [6.07, 6.45) is -0.210. The summed E-state index contributed by atoms with van der Waals surface area (Å²) in [5.74, 6) is -3.35. The standard InChI is InChI=1S/C17H17F2N3O4S/c18-13-2-1-3-14(19)17(13)22-16(24)10-15(23)21-9-8-11-4-6-12(7-5-11)27(20,25)26/h1-7H,8-10H2,(H,21,23)(H,22,24)(H2,20,25,26). The number of hydrogen-bond acceptors (Lipinski definition) is 4. The van der Waals surface area contributed by atoms with Crippen LogP contribution >= 0.6 is 0 Å². The number of benzene rings is 2. The number of nitrogens with two attached hydrogens (primary N) is 1. The summed E-state index contributed by atoms with van der Waals surface area (Å²) in [5.41, 5.74) is 0.144. The summed E-state index contributed by atoms with van der Waals surface area (Å²) in [5, 5.41) is 9.51. The Morgan fingerprint density at radius 2 is 1.56 bits per heavy atom. The first-order valence-corrected chi connectivity index (χ1v) is 9.34. The number of rotatable bonds is 7. The van der Waals surface area contributed by atoms with Crippen LogP contribution in [-0.2, 0) is 26.0 Å². The third kappa shape index (κ3) is 6.12. The van der Waals surface area contributed by atoms with Crippen molar-refractivity contribution in [1.82, 2.24) is 5.32 Å². The van der Waals surface area contributed by atoms with Gasteiger partial charge >= 0.3 is 0 Å². The van der Waals surface area contributed by atoms with E-state index in [-0.39, 0.29) is 11.4 Å². The fourth-order valence-electron chi connectivity index (χ4n) is 2.20. The topological polar surface area (TPSA) is 118 Å². The molecule has 0 bridgehead atoms. The summed E-state index contributed by atoms with van der Waals surface area (Å²) in [4.78, 5) is 23.4. The third-order valence-corrected chi connectivity index (χ3v) is 4.47. The van der Waals surface area contributed by atoms with Crippen molar-refractivity contribution >= 4 is 27.5 Å². The van der Waals surface area contributed by atoms with Crippen LogP contribution in [0, 0.1) is 11.6 Å². The first-order chi connectivity index (χ1) is 12.7. The van der Waals surface area contributed by atoms with Crippen LogP contribution in [-0.4, -0.2) is 26.8 Å². The lowest BCUT2D eigenvalue weighted by molar-refractivity contribution is -0.126. The van der Waals surface area contributed by atoms with E-state index in [4.69, 9.17) is 5.14 Å². The van der Waals surface area contributed by atoms with Gasteiger partial charge in [0.05, 0.1) is 4.90 Å². The molecule has 0 spiro atoms. The maximum absolute atomic E-state index is 13.4. The van der Waals surface area contributed by atoms with Crippen LogP contribution in [0.2, 0.25) is 0 Å². The van der Waals surface area contributed by atoms with Gasteiger partial charge in [0.25, 0.3) is 0 Å². The van der Waals surface area contributed by atoms with Gasteiger partial charge in [0.1, 0.15) is 23.7 Å². The molecule has 2 amide bonds. The lowest BCUT2D eigenvalue weighted by atomic mass is 10.1. The van der Waals surface area contributed by atoms with E-state index in [1.807, 2.05) is 5.32 Å². The molecule has 0 unspecified atom stereocenters. The van der Waals surface area contributed by atoms with E-state index in [2.05, 4.69) is 5.32 Å². The zero-order valence-electron chi connectivity index (χ0n) is 14.0. The number of primary sulfonamides is 1. The maximum Gasteiger partial charge on any atom is 0.238 e. The average Bonchev–Trinajstić information content (AvgIpc) is 2.58. The van der Waals surface area contributed by atoms with Crippen molar-refractivity contribution < 1.29 is 26.8 Å². The van der Waals surface area contributed by atoms with Gasteiger partial charge in [0.2, 0.25) is 21.8 Å². The van der Waals surface area contributed by atoms with Gasteiger partial charge in [-0.05, 0) is 36.2 Å². The minimum Gasteiger partial charge on any atom is -0.355 e. The number of amides is 2. The lowest BCUT2D eigenvalue weighted by Crippen LogP contribution is -2.30. The van der Waals surface area contributed by atoms with E-state index in [0.29, 0.717) is 6.42 Å². The predicted octanol–water partition coefficient (Wildman–Crippen LogP) is 1.30. The highest BCUT2D eigenvalue weighted by atomic mass is 32.2. The molecule has 2 rings (SSSR count). The van der Waals surface area contributed by atoms with Crippen LogP contribution < -0.4 is 15.8 Å². The van der Waals surface area contributed by atoms with Crippen molar-refractivity contribution in [1.29, 1.82) is 0 Å². The van der Waals surface area contributed by atoms with E-state index in [0.717, 1.165) is 23.8 Å². The number of carbonyl (C=O) groups is 2. The molecule has 0 atom stereocenters. The first kappa shape index (κ1) is 20.5. The summed E-state index contributed by atoms with van der Waals surface area (Å²) >= 11 is 0. The van der Waals surface area contributed by atoms with E-state index in [9.17, 15) is 26.8 Å². The molecule has 0 fully saturated rings. The number of anilines is 1. The van der Waals surface area contributed by atoms with Crippen molar-refractivity contribution in [3.8, 4) is 0 Å². The second kappa shape index (κ2) is 8.69. The zero-order chi connectivity index (χ0) is 20.0. The molecule has 0 heterocycles. The number of hydrogen-bond donors (Lipinski definition) is 3. The van der Waals surface area contributed by atoms with Crippen LogP contribution in [0.4, 0.5) is 14.5 Å². The van der Waals surface area contributed by atoms with Crippen LogP contribution in [0.5, 0.6) is 0 Å². The minimum absolute atomic E-state index is 0.0210. The number of carbonyl (C=O) groups excluding carboxylic acids is 2. The molecule has 0 aromatic heterocycles. The van der Waals surface area contributed by atoms with Crippen molar-refractivity contribution in [3.05, 3.63) is 59.7 Å². The Kier molecular flexibility index (Phi) is 6.59. The van der Waals surface area contributed by atoms with Gasteiger partial charge in [0, 0.05) is 6.54 Å². The molecule has 4 N–H and O–H groups in total. The van der Waals surface area contributed by atoms with Gasteiger partial charge in [-0.3, -0.25) is 9.59 Å². The van der Waals surface area contributed by atoms with Gasteiger partial charge in [-0.1, -0.05) is 18.2 Å². The van der Waals surface area contributed by atoms with Crippen LogP contribution in [0.25, 0.3) is 0 Å². The van der Waals surface area contributed by atoms with Gasteiger partial charge < -0.3 is 10.6 Å². The predicted molar refractivity (Wildman–Crippen MR) is 94.1 cm³/mol. The Balaban J connectivity index is 1.80. The molecule has 0 saturated heterocycles. The smallest absolute Gasteiger partial charge is 0.238 e. The van der Waals surface area contributed by atoms with E-state index < -0.39 is 45.6 Å². The Bertz CT molecular complexity index is 927. The molecule has 2 aromatic rings. The van der Waals surface area contributed by atoms with Gasteiger partial charge in [-0.25, -0.2) is 22.3 Å². The van der Waals surface area contributed by atoms with Crippen molar-refractivity contribution in [2.45, 2.75) is 17.7 Å². The van der Waals surface area contributed by atoms with Crippen LogP contribution in [0.15, 0.2) is 47.4 Å². The molecule has 0 aliphatic carbocycles. The molecule has 0 aliphatic heterocycles. The zero-order valence-corrected chi connectivity index (χ0v) is 14.9. The molecular weight excluding hydrogens is 380 g/mol. The Labute approximate surface area is 154 Å². The molecule has 10 heteroatoms. The highest BCUT2D eigenvalue weighted by Crippen LogP contribution is 2.18. The van der Waals surface area contributed by atoms with Crippen molar-refractivity contribution in [3.63, 3.8) is 0 Å². The molecule has 144 valence electrons. The first-order valence-electron chi connectivity index (χ1n) is 7.79. The van der Waals surface area contributed by atoms with Crippen LogP contribution in [0.3, 0.4) is 0 Å². The van der Waals surface area contributed by atoms with Gasteiger partial charge in [0.15, 0.2) is 0 Å². The Morgan fingerprint density at radius 3 is 2.11 bits per heavy atom. The third-order valence-electron chi connectivity index (χ3n) is 3.54. The molecular formula is C17H17F2N3O4S. The second-order valence-electron chi connectivity index (χ2n) is 5.61. The number of nitrogens with one attached hydrogen (secondary N) is 2. The SMILES string of the molecule is NS(=O)(=O)c1ccc(CCNC(=O)CC(=O)Nc2c(F)cccc2F)cc1. The number of halogens is 2. The quantitative estimate of drug-likeness (QED) is 0.610. The second-order valence-corrected chi connectivity index (χ2v) is 7.17. The molecule has 2 aromatic carbocycles. The monoisotopic (exact) mass is 397 g/mol. The van der Waals surface area contributed by atoms with E-state index in [1.54, 1.807) is 12.1 Å². The average molecular weight is 397 g/mol. The normalized spacial score (nSPS) is 11.1. The maximum atomic E-state index is 13.4. The largest absolute Gasteiger partial charge is 0.355 e. The molecule has 0 aliphatic rings. The van der Waals surface area contributed by atoms with Gasteiger partial charge in [-0.15, -0.1) is 0 Å². The Morgan fingerprint density at radius 1 is 0.963 bits per heavy atom. The molecule has 7 nitrogen and oxygen atoms in total. The molecule has 27 heavy (non-hydrogen) atoms. The number of para-hydroxylation sites is 1. The van der Waals surface area contributed by atoms with Crippen LogP contribution in [0.1, 0.15) is 12.0 Å². The molecule has 0 radical (unpaired) electrons. The highest BCUT2D eigenvalue weighted by molar-refractivity contribution is 7.89. The fraction of sp³-hybridized carbons (Fsp3) is 0.176. The number of sulfonamides is 1. The molecule has 0 saturated carbocycles. The Hall–Kier alpha value is -2.85. The summed E-state index contributed by atoms with van der Waals surface area (Å²) in [7, 11) is -3.77. The summed E-state index contributed by atoms with van der Waals surface area (Å²) in [6, 6.07) is 8.94.